The highest BCUT2D eigenvalue weighted by Crippen LogP contribution is 2.36. The van der Waals surface area contributed by atoms with E-state index in [4.69, 9.17) is 0 Å². The molecule has 29 heavy (non-hydrogen) atoms. The van der Waals surface area contributed by atoms with E-state index in [-0.39, 0.29) is 22.9 Å². The maximum atomic E-state index is 13.5. The van der Waals surface area contributed by atoms with Gasteiger partial charge < -0.3 is 4.90 Å². The number of rotatable bonds is 4. The van der Waals surface area contributed by atoms with Crippen molar-refractivity contribution in [3.8, 4) is 0 Å². The Morgan fingerprint density at radius 3 is 2.52 bits per heavy atom. The highest BCUT2D eigenvalue weighted by Gasteiger charge is 2.36. The molecule has 1 aliphatic carbocycles. The SMILES string of the molecule is CC1Cc2ccccc2N1S(=O)(=O)c1cccc(C(=O)N(C)C2CCCCC2)c1. The van der Waals surface area contributed by atoms with Crippen molar-refractivity contribution in [2.75, 3.05) is 11.4 Å². The Morgan fingerprint density at radius 1 is 1.03 bits per heavy atom. The Balaban J connectivity index is 1.64. The molecule has 4 rings (SSSR count). The second-order valence-corrected chi connectivity index (χ2v) is 10.0. The van der Waals surface area contributed by atoms with E-state index in [0.717, 1.165) is 36.9 Å². The lowest BCUT2D eigenvalue weighted by molar-refractivity contribution is 0.0696. The van der Waals surface area contributed by atoms with Crippen molar-refractivity contribution < 1.29 is 13.2 Å². The van der Waals surface area contributed by atoms with E-state index in [9.17, 15) is 13.2 Å². The zero-order chi connectivity index (χ0) is 20.6. The van der Waals surface area contributed by atoms with Crippen LogP contribution in [0.5, 0.6) is 0 Å². The molecule has 2 aromatic rings. The van der Waals surface area contributed by atoms with Crippen molar-refractivity contribution >= 4 is 21.6 Å². The normalized spacial score (nSPS) is 19.8. The van der Waals surface area contributed by atoms with E-state index in [1.807, 2.05) is 38.2 Å². The van der Waals surface area contributed by atoms with Crippen LogP contribution in [0, 0.1) is 0 Å². The number of fused-ring (bicyclic) bond motifs is 1. The Labute approximate surface area is 173 Å². The van der Waals surface area contributed by atoms with Gasteiger partial charge in [-0.25, -0.2) is 8.42 Å². The number of hydrogen-bond acceptors (Lipinski definition) is 3. The van der Waals surface area contributed by atoms with Gasteiger partial charge in [0.25, 0.3) is 15.9 Å². The third kappa shape index (κ3) is 3.66. The second-order valence-electron chi connectivity index (χ2n) is 8.22. The lowest BCUT2D eigenvalue weighted by atomic mass is 9.94. The maximum absolute atomic E-state index is 13.5. The fourth-order valence-corrected chi connectivity index (χ4v) is 6.38. The molecule has 1 saturated carbocycles. The van der Waals surface area contributed by atoms with Gasteiger partial charge in [-0.3, -0.25) is 9.10 Å². The average molecular weight is 413 g/mol. The Kier molecular flexibility index (Phi) is 5.38. The topological polar surface area (TPSA) is 57.7 Å². The summed E-state index contributed by atoms with van der Waals surface area (Å²) >= 11 is 0. The molecule has 1 amide bonds. The summed E-state index contributed by atoms with van der Waals surface area (Å²) in [5.74, 6) is -0.108. The minimum absolute atomic E-state index is 0.108. The first-order chi connectivity index (χ1) is 13.9. The van der Waals surface area contributed by atoms with Crippen LogP contribution in [0.1, 0.15) is 54.9 Å². The molecule has 1 fully saturated rings. The van der Waals surface area contributed by atoms with Crippen LogP contribution in [-0.4, -0.2) is 38.4 Å². The number of amides is 1. The van der Waals surface area contributed by atoms with Crippen LogP contribution in [0.25, 0.3) is 0 Å². The highest BCUT2D eigenvalue weighted by molar-refractivity contribution is 7.92. The number of carbonyl (C=O) groups excluding carboxylic acids is 1. The summed E-state index contributed by atoms with van der Waals surface area (Å²) in [5, 5.41) is 0. The predicted molar refractivity (Wildman–Crippen MR) is 115 cm³/mol. The number of anilines is 1. The summed E-state index contributed by atoms with van der Waals surface area (Å²) in [6.45, 7) is 1.92. The molecular weight excluding hydrogens is 384 g/mol. The molecule has 0 bridgehead atoms. The van der Waals surface area contributed by atoms with Crippen LogP contribution in [0.15, 0.2) is 53.4 Å². The molecule has 0 N–H and O–H groups in total. The van der Waals surface area contributed by atoms with Gasteiger partial charge >= 0.3 is 0 Å². The molecule has 2 aromatic carbocycles. The molecule has 154 valence electrons. The highest BCUT2D eigenvalue weighted by atomic mass is 32.2. The van der Waals surface area contributed by atoms with Gasteiger partial charge in [0.2, 0.25) is 0 Å². The first-order valence-corrected chi connectivity index (χ1v) is 11.8. The van der Waals surface area contributed by atoms with Crippen LogP contribution >= 0.6 is 0 Å². The van der Waals surface area contributed by atoms with Crippen LogP contribution in [0.4, 0.5) is 5.69 Å². The summed E-state index contributed by atoms with van der Waals surface area (Å²) in [6.07, 6.45) is 6.23. The van der Waals surface area contributed by atoms with Crippen LogP contribution in [0.3, 0.4) is 0 Å². The van der Waals surface area contributed by atoms with Crippen molar-refractivity contribution in [2.24, 2.45) is 0 Å². The molecule has 0 aromatic heterocycles. The van der Waals surface area contributed by atoms with Gasteiger partial charge in [-0.2, -0.15) is 0 Å². The first-order valence-electron chi connectivity index (χ1n) is 10.4. The minimum atomic E-state index is -3.75. The fraction of sp³-hybridized carbons (Fsp3) is 0.435. The molecule has 6 heteroatoms. The molecular formula is C23H28N2O3S. The van der Waals surface area contributed by atoms with Crippen LogP contribution < -0.4 is 4.31 Å². The summed E-state index contributed by atoms with van der Waals surface area (Å²) in [4.78, 5) is 15.0. The summed E-state index contributed by atoms with van der Waals surface area (Å²) in [5.41, 5.74) is 2.20. The fourth-order valence-electron chi connectivity index (χ4n) is 4.64. The number of nitrogens with zero attached hydrogens (tertiary/aromatic N) is 2. The Morgan fingerprint density at radius 2 is 1.76 bits per heavy atom. The number of hydrogen-bond donors (Lipinski definition) is 0. The summed E-state index contributed by atoms with van der Waals surface area (Å²) in [6, 6.07) is 14.2. The van der Waals surface area contributed by atoms with Gasteiger partial charge in [0, 0.05) is 24.7 Å². The van der Waals surface area contributed by atoms with Crippen LogP contribution in [-0.2, 0) is 16.4 Å². The Bertz CT molecular complexity index is 1010. The van der Waals surface area contributed by atoms with E-state index in [0.29, 0.717) is 12.0 Å². The van der Waals surface area contributed by atoms with Crippen molar-refractivity contribution in [3.63, 3.8) is 0 Å². The molecule has 1 heterocycles. The number of sulfonamides is 1. The van der Waals surface area contributed by atoms with E-state index >= 15 is 0 Å². The van der Waals surface area contributed by atoms with Crippen molar-refractivity contribution in [1.82, 2.24) is 4.90 Å². The summed E-state index contributed by atoms with van der Waals surface area (Å²) in [7, 11) is -1.91. The zero-order valence-corrected chi connectivity index (χ0v) is 17.9. The molecule has 1 atom stereocenters. The number of benzene rings is 2. The van der Waals surface area contributed by atoms with Crippen molar-refractivity contribution in [1.29, 1.82) is 0 Å². The summed E-state index contributed by atoms with van der Waals surface area (Å²) < 4.78 is 28.4. The van der Waals surface area contributed by atoms with E-state index in [1.54, 1.807) is 23.1 Å². The number of para-hydroxylation sites is 1. The molecule has 0 saturated heterocycles. The standard InChI is InChI=1S/C23H28N2O3S/c1-17-15-18-9-6-7-14-22(18)25(17)29(27,28)21-13-8-10-19(16-21)23(26)24(2)20-11-4-3-5-12-20/h6-10,13-14,16-17,20H,3-5,11-12,15H2,1-2H3. The smallest absolute Gasteiger partial charge is 0.264 e. The second kappa shape index (κ2) is 7.82. The van der Waals surface area contributed by atoms with Crippen molar-refractivity contribution in [2.45, 2.75) is 62.4 Å². The first kappa shape index (κ1) is 20.0. The molecule has 1 unspecified atom stereocenters. The lowest BCUT2D eigenvalue weighted by Gasteiger charge is -2.31. The van der Waals surface area contributed by atoms with E-state index < -0.39 is 10.0 Å². The van der Waals surface area contributed by atoms with Gasteiger partial charge in [0.15, 0.2) is 0 Å². The maximum Gasteiger partial charge on any atom is 0.264 e. The molecule has 1 aliphatic heterocycles. The van der Waals surface area contributed by atoms with E-state index in [1.165, 1.54) is 16.8 Å². The molecule has 0 radical (unpaired) electrons. The average Bonchev–Trinajstić information content (AvgIpc) is 3.09. The van der Waals surface area contributed by atoms with Gasteiger partial charge in [-0.05, 0) is 56.0 Å². The number of carbonyl (C=O) groups is 1. The minimum Gasteiger partial charge on any atom is -0.339 e. The van der Waals surface area contributed by atoms with E-state index in [2.05, 4.69) is 0 Å². The Hall–Kier alpha value is -2.34. The third-order valence-electron chi connectivity index (χ3n) is 6.23. The molecule has 5 nitrogen and oxygen atoms in total. The van der Waals surface area contributed by atoms with Gasteiger partial charge in [-0.1, -0.05) is 43.5 Å². The van der Waals surface area contributed by atoms with Gasteiger partial charge in [0.1, 0.15) is 0 Å². The van der Waals surface area contributed by atoms with Gasteiger partial charge in [0.05, 0.1) is 10.6 Å². The predicted octanol–water partition coefficient (Wildman–Crippen LogP) is 4.23. The molecule has 2 aliphatic rings. The third-order valence-corrected chi connectivity index (χ3v) is 8.15. The quantitative estimate of drug-likeness (QED) is 0.755. The lowest BCUT2D eigenvalue weighted by Crippen LogP contribution is -2.38. The molecule has 0 spiro atoms. The van der Waals surface area contributed by atoms with Gasteiger partial charge in [-0.15, -0.1) is 0 Å². The van der Waals surface area contributed by atoms with Crippen molar-refractivity contribution in [3.05, 3.63) is 59.7 Å². The zero-order valence-electron chi connectivity index (χ0n) is 17.0. The van der Waals surface area contributed by atoms with Crippen LogP contribution in [0.2, 0.25) is 0 Å². The monoisotopic (exact) mass is 412 g/mol. The largest absolute Gasteiger partial charge is 0.339 e.